The summed E-state index contributed by atoms with van der Waals surface area (Å²) in [5.41, 5.74) is 3.68. The van der Waals surface area contributed by atoms with Crippen molar-refractivity contribution in [3.8, 4) is 0 Å². The Morgan fingerprint density at radius 3 is 1.59 bits per heavy atom. The van der Waals surface area contributed by atoms with Crippen molar-refractivity contribution in [1.29, 1.82) is 0 Å². The predicted molar refractivity (Wildman–Crippen MR) is 159 cm³/mol. The van der Waals surface area contributed by atoms with Crippen LogP contribution in [0.2, 0.25) is 18.1 Å². The van der Waals surface area contributed by atoms with Crippen LogP contribution in [0, 0.1) is 11.8 Å². The van der Waals surface area contributed by atoms with Gasteiger partial charge in [0.15, 0.2) is 8.24 Å². The van der Waals surface area contributed by atoms with Gasteiger partial charge in [0.25, 0.3) is 0 Å². The molecular weight excluding hydrogens is 491 g/mol. The van der Waals surface area contributed by atoms with Crippen LogP contribution in [0.25, 0.3) is 0 Å². The number of amides is 1. The molecule has 0 saturated carbocycles. The maximum absolute atomic E-state index is 14.0. The molecule has 3 aromatic carbocycles. The van der Waals surface area contributed by atoms with Gasteiger partial charge in [0, 0.05) is 13.7 Å². The summed E-state index contributed by atoms with van der Waals surface area (Å²) in [4.78, 5) is 14.0. The van der Waals surface area contributed by atoms with E-state index in [9.17, 15) is 4.79 Å². The highest BCUT2D eigenvalue weighted by molar-refractivity contribution is 8.01. The number of β-lactam (4-membered cyclic amide) rings is 1. The smallest absolute Gasteiger partial charge is 0.221 e. The Morgan fingerprint density at radius 1 is 0.838 bits per heavy atom. The van der Waals surface area contributed by atoms with Crippen LogP contribution in [0.3, 0.4) is 0 Å². The third-order valence-electron chi connectivity index (χ3n) is 8.40. The first-order chi connectivity index (χ1) is 17.6. The van der Waals surface area contributed by atoms with Crippen molar-refractivity contribution in [3.63, 3.8) is 0 Å². The van der Waals surface area contributed by atoms with Crippen LogP contribution in [-0.4, -0.2) is 37.8 Å². The molecule has 0 bridgehead atoms. The maximum atomic E-state index is 14.0. The van der Waals surface area contributed by atoms with Gasteiger partial charge in [-0.1, -0.05) is 132 Å². The minimum absolute atomic E-state index is 0.0409. The van der Waals surface area contributed by atoms with Gasteiger partial charge in [0.1, 0.15) is 0 Å². The number of rotatable bonds is 9. The number of nitrogens with zero attached hydrogens (tertiary/aromatic N) is 1. The standard InChI is InChI=1S/C32H41NO2SSi/c1-24(23-35-5)28-29(34)33(37(6,7)31(2,3)4)30(28)36-32(25-17-11-8-12-18-25,26-19-13-9-14-20-26)27-21-15-10-16-22-27/h8-22,24,28,30H,23H2,1-7H3. The van der Waals surface area contributed by atoms with Crippen molar-refractivity contribution in [2.75, 3.05) is 13.7 Å². The molecular formula is C32H41NO2SSi. The minimum Gasteiger partial charge on any atom is -0.384 e. The van der Waals surface area contributed by atoms with Crippen LogP contribution in [0.15, 0.2) is 91.0 Å². The lowest BCUT2D eigenvalue weighted by atomic mass is 9.84. The van der Waals surface area contributed by atoms with Crippen molar-refractivity contribution >= 4 is 25.9 Å². The molecule has 1 amide bonds. The normalized spacial score (nSPS) is 19.4. The van der Waals surface area contributed by atoms with Crippen LogP contribution in [-0.2, 0) is 14.3 Å². The van der Waals surface area contributed by atoms with E-state index in [2.05, 4.69) is 136 Å². The fourth-order valence-electron chi connectivity index (χ4n) is 5.36. The highest BCUT2D eigenvalue weighted by Gasteiger charge is 2.61. The first-order valence-corrected chi connectivity index (χ1v) is 17.0. The van der Waals surface area contributed by atoms with E-state index in [1.54, 1.807) is 7.11 Å². The summed E-state index contributed by atoms with van der Waals surface area (Å²) >= 11 is 1.94. The summed E-state index contributed by atoms with van der Waals surface area (Å²) in [5, 5.41) is 0.0883. The van der Waals surface area contributed by atoms with E-state index < -0.39 is 13.0 Å². The summed E-state index contributed by atoms with van der Waals surface area (Å²) in [6, 6.07) is 32.4. The zero-order valence-electron chi connectivity index (χ0n) is 23.3. The molecule has 3 atom stereocenters. The Labute approximate surface area is 228 Å². The number of carbonyl (C=O) groups excluding carboxylic acids is 1. The van der Waals surface area contributed by atoms with E-state index in [1.165, 1.54) is 16.7 Å². The number of methoxy groups -OCH3 is 1. The zero-order chi connectivity index (χ0) is 26.8. The van der Waals surface area contributed by atoms with E-state index in [0.29, 0.717) is 6.61 Å². The maximum Gasteiger partial charge on any atom is 0.221 e. The van der Waals surface area contributed by atoms with Gasteiger partial charge in [-0.3, -0.25) is 4.79 Å². The third-order valence-corrected chi connectivity index (χ3v) is 15.8. The van der Waals surface area contributed by atoms with Gasteiger partial charge in [-0.15, -0.1) is 11.8 Å². The molecule has 0 radical (unpaired) electrons. The summed E-state index contributed by atoms with van der Waals surface area (Å²) in [6.45, 7) is 14.3. The molecule has 1 saturated heterocycles. The Morgan fingerprint density at radius 2 is 1.24 bits per heavy atom. The second kappa shape index (κ2) is 10.8. The molecule has 4 rings (SSSR count). The predicted octanol–water partition coefficient (Wildman–Crippen LogP) is 7.78. The summed E-state index contributed by atoms with van der Waals surface area (Å²) in [7, 11) is -0.407. The second-order valence-corrected chi connectivity index (χ2v) is 18.2. The molecule has 0 N–H and O–H groups in total. The van der Waals surface area contributed by atoms with Gasteiger partial charge in [-0.2, -0.15) is 0 Å². The number of ether oxygens (including phenoxy) is 1. The molecule has 1 heterocycles. The average Bonchev–Trinajstić information content (AvgIpc) is 2.87. The van der Waals surface area contributed by atoms with Crippen molar-refractivity contribution in [3.05, 3.63) is 108 Å². The average molecular weight is 532 g/mol. The second-order valence-electron chi connectivity index (χ2n) is 11.8. The lowest BCUT2D eigenvalue weighted by Gasteiger charge is -2.60. The van der Waals surface area contributed by atoms with E-state index in [4.69, 9.17) is 4.74 Å². The molecule has 5 heteroatoms. The number of hydrogen-bond donors (Lipinski definition) is 0. The van der Waals surface area contributed by atoms with Crippen LogP contribution in [0.1, 0.15) is 44.4 Å². The van der Waals surface area contributed by atoms with E-state index in [0.717, 1.165) is 0 Å². The van der Waals surface area contributed by atoms with Gasteiger partial charge in [-0.25, -0.2) is 0 Å². The highest BCUT2D eigenvalue weighted by atomic mass is 32.2. The largest absolute Gasteiger partial charge is 0.384 e. The number of thioether (sulfide) groups is 1. The number of benzene rings is 3. The molecule has 3 aromatic rings. The number of carbonyl (C=O) groups is 1. The van der Waals surface area contributed by atoms with Gasteiger partial charge in [-0.05, 0) is 27.6 Å². The van der Waals surface area contributed by atoms with Gasteiger partial charge in [0.2, 0.25) is 5.91 Å². The molecule has 37 heavy (non-hydrogen) atoms. The molecule has 3 nitrogen and oxygen atoms in total. The van der Waals surface area contributed by atoms with Gasteiger partial charge in [0.05, 0.1) is 16.0 Å². The first-order valence-electron chi connectivity index (χ1n) is 13.2. The van der Waals surface area contributed by atoms with Crippen molar-refractivity contribution in [1.82, 2.24) is 4.57 Å². The Hall–Kier alpha value is -2.34. The Kier molecular flexibility index (Phi) is 8.08. The first kappa shape index (κ1) is 27.7. The molecule has 1 fully saturated rings. The van der Waals surface area contributed by atoms with Crippen LogP contribution in [0.4, 0.5) is 0 Å². The monoisotopic (exact) mass is 531 g/mol. The molecule has 196 valence electrons. The Balaban J connectivity index is 1.95. The van der Waals surface area contributed by atoms with Gasteiger partial charge >= 0.3 is 0 Å². The molecule has 0 aliphatic carbocycles. The minimum atomic E-state index is -2.14. The van der Waals surface area contributed by atoms with Crippen molar-refractivity contribution in [2.45, 2.75) is 55.9 Å². The lowest BCUT2D eigenvalue weighted by Crippen LogP contribution is -2.73. The molecule has 3 unspecified atom stereocenters. The molecule has 0 aromatic heterocycles. The molecule has 0 spiro atoms. The van der Waals surface area contributed by atoms with Gasteiger partial charge < -0.3 is 9.30 Å². The fourth-order valence-corrected chi connectivity index (χ4v) is 10.4. The fraction of sp³-hybridized carbons (Fsp3) is 0.406. The summed E-state index contributed by atoms with van der Waals surface area (Å²) in [5.74, 6) is 0.336. The SMILES string of the molecule is COCC(C)C1C(=O)N([Si](C)(C)C(C)(C)C)C1SC(c1ccccc1)(c1ccccc1)c1ccccc1. The van der Waals surface area contributed by atoms with E-state index in [-0.39, 0.29) is 28.2 Å². The topological polar surface area (TPSA) is 29.5 Å². The van der Waals surface area contributed by atoms with Crippen molar-refractivity contribution < 1.29 is 9.53 Å². The quantitative estimate of drug-likeness (QED) is 0.160. The highest BCUT2D eigenvalue weighted by Crippen LogP contribution is 2.58. The number of hydrogen-bond acceptors (Lipinski definition) is 3. The molecule has 1 aliphatic rings. The van der Waals surface area contributed by atoms with Crippen LogP contribution >= 0.6 is 11.8 Å². The summed E-state index contributed by atoms with van der Waals surface area (Å²) < 4.78 is 7.39. The van der Waals surface area contributed by atoms with Crippen molar-refractivity contribution in [2.24, 2.45) is 11.8 Å². The lowest BCUT2D eigenvalue weighted by molar-refractivity contribution is -0.147. The van der Waals surface area contributed by atoms with Crippen LogP contribution < -0.4 is 0 Å². The van der Waals surface area contributed by atoms with Crippen LogP contribution in [0.5, 0.6) is 0 Å². The molecule has 1 aliphatic heterocycles. The van der Waals surface area contributed by atoms with E-state index in [1.807, 2.05) is 11.8 Å². The van der Waals surface area contributed by atoms with E-state index >= 15 is 0 Å². The summed E-state index contributed by atoms with van der Waals surface area (Å²) in [6.07, 6.45) is 0. The zero-order valence-corrected chi connectivity index (χ0v) is 25.1. The Bertz CT molecular complexity index is 1080. The third kappa shape index (κ3) is 4.94.